The first-order valence-electron chi connectivity index (χ1n) is 9.61. The number of amides is 1. The lowest BCUT2D eigenvalue weighted by Gasteiger charge is -2.35. The number of carbonyl (C=O) groups excluding carboxylic acids is 1. The van der Waals surface area contributed by atoms with Crippen LogP contribution in [-0.4, -0.2) is 34.1 Å². The van der Waals surface area contributed by atoms with Crippen LogP contribution >= 0.6 is 11.8 Å². The van der Waals surface area contributed by atoms with E-state index in [9.17, 15) is 48.7 Å². The highest BCUT2D eigenvalue weighted by Gasteiger charge is 2.78. The summed E-state index contributed by atoms with van der Waals surface area (Å²) in [6.45, 7) is 1.10. The van der Waals surface area contributed by atoms with Gasteiger partial charge in [-0.15, -0.1) is 0 Å². The molecule has 2 aromatic rings. The van der Waals surface area contributed by atoms with E-state index >= 15 is 0 Å². The van der Waals surface area contributed by atoms with Crippen LogP contribution in [0.5, 0.6) is 0 Å². The fourth-order valence-corrected chi connectivity index (χ4v) is 4.73. The molecule has 1 heterocycles. The average Bonchev–Trinajstić information content (AvgIpc) is 3.16. The van der Waals surface area contributed by atoms with Crippen molar-refractivity contribution in [1.82, 2.24) is 5.32 Å². The number of thioether (sulfide) groups is 1. The Balaban J connectivity index is 2.01. The topological polar surface area (TPSA) is 41.5 Å². The Kier molecular flexibility index (Phi) is 6.92. The molecule has 0 bridgehead atoms. The Morgan fingerprint density at radius 2 is 1.57 bits per heavy atom. The third kappa shape index (κ3) is 5.11. The van der Waals surface area contributed by atoms with E-state index < -0.39 is 63.3 Å². The molecule has 35 heavy (non-hydrogen) atoms. The summed E-state index contributed by atoms with van der Waals surface area (Å²) in [5, 5.41) is -1.87. The van der Waals surface area contributed by atoms with Gasteiger partial charge in [0.25, 0.3) is 5.54 Å². The van der Waals surface area contributed by atoms with Gasteiger partial charge in [0.1, 0.15) is 16.1 Å². The van der Waals surface area contributed by atoms with Crippen LogP contribution in [0.25, 0.3) is 0 Å². The van der Waals surface area contributed by atoms with E-state index in [0.29, 0.717) is 18.2 Å². The van der Waals surface area contributed by atoms with Gasteiger partial charge in [0.2, 0.25) is 5.91 Å². The molecule has 2 unspecified atom stereocenters. The number of halogens is 10. The number of aliphatic imine (C=N–C) groups is 1. The molecular weight excluding hydrogens is 518 g/mol. The molecule has 0 spiro atoms. The second-order valence-corrected chi connectivity index (χ2v) is 8.63. The summed E-state index contributed by atoms with van der Waals surface area (Å²) >= 11 is -0.163. The quantitative estimate of drug-likeness (QED) is 0.460. The molecule has 2 atom stereocenters. The molecule has 0 fully saturated rings. The van der Waals surface area contributed by atoms with Crippen molar-refractivity contribution in [2.75, 3.05) is 0 Å². The zero-order chi connectivity index (χ0) is 26.4. The van der Waals surface area contributed by atoms with Crippen molar-refractivity contribution >= 4 is 22.7 Å². The Morgan fingerprint density at radius 3 is 2.11 bits per heavy atom. The predicted octanol–water partition coefficient (Wildman–Crippen LogP) is 6.45. The number of rotatable bonds is 4. The molecule has 0 aliphatic carbocycles. The molecule has 3 nitrogen and oxygen atoms in total. The molecule has 1 aliphatic rings. The van der Waals surface area contributed by atoms with Crippen molar-refractivity contribution in [3.8, 4) is 0 Å². The lowest BCUT2D eigenvalue weighted by atomic mass is 9.92. The normalized spacial score (nSPS) is 19.3. The minimum absolute atomic E-state index is 0.163. The van der Waals surface area contributed by atoms with E-state index in [1.54, 1.807) is 0 Å². The molecule has 1 N–H and O–H groups in total. The van der Waals surface area contributed by atoms with Crippen molar-refractivity contribution in [3.05, 3.63) is 71.0 Å². The molecule has 0 saturated carbocycles. The summed E-state index contributed by atoms with van der Waals surface area (Å²) in [5.41, 5.74) is -6.60. The Labute approximate surface area is 195 Å². The van der Waals surface area contributed by atoms with Crippen molar-refractivity contribution in [1.29, 1.82) is 0 Å². The van der Waals surface area contributed by atoms with Crippen LogP contribution in [0.2, 0.25) is 0 Å². The summed E-state index contributed by atoms with van der Waals surface area (Å²) in [5.74, 6) is -2.72. The van der Waals surface area contributed by atoms with Gasteiger partial charge in [-0.3, -0.25) is 9.79 Å². The van der Waals surface area contributed by atoms with Crippen molar-refractivity contribution in [3.63, 3.8) is 0 Å². The SMILES string of the molecule is CC(NC(=O)C1SC(c2cccc(F)c2)=NC1(C(F)(F)F)C(F)(F)F)c1cccc(C(F)(F)F)c1. The van der Waals surface area contributed by atoms with E-state index in [1.807, 2.05) is 5.32 Å². The van der Waals surface area contributed by atoms with Crippen LogP contribution in [-0.2, 0) is 11.0 Å². The van der Waals surface area contributed by atoms with Crippen LogP contribution < -0.4 is 5.32 Å². The number of hydrogen-bond donors (Lipinski definition) is 1. The van der Waals surface area contributed by atoms with E-state index in [1.165, 1.54) is 0 Å². The monoisotopic (exact) mass is 532 g/mol. The first kappa shape index (κ1) is 26.8. The minimum atomic E-state index is -6.09. The number of nitrogens with zero attached hydrogens (tertiary/aromatic N) is 1. The molecule has 0 saturated heterocycles. The van der Waals surface area contributed by atoms with Crippen molar-refractivity contribution in [2.45, 2.75) is 42.3 Å². The molecule has 0 radical (unpaired) electrons. The zero-order valence-corrected chi connectivity index (χ0v) is 18.1. The van der Waals surface area contributed by atoms with Gasteiger partial charge in [0.15, 0.2) is 0 Å². The lowest BCUT2D eigenvalue weighted by molar-refractivity contribution is -0.292. The summed E-state index contributed by atoms with van der Waals surface area (Å²) in [7, 11) is 0. The minimum Gasteiger partial charge on any atom is -0.349 e. The number of benzene rings is 2. The van der Waals surface area contributed by atoms with Gasteiger partial charge in [-0.05, 0) is 36.8 Å². The summed E-state index contributed by atoms with van der Waals surface area (Å²) in [6, 6.07) is 5.68. The van der Waals surface area contributed by atoms with Gasteiger partial charge < -0.3 is 5.32 Å². The molecule has 3 rings (SSSR count). The van der Waals surface area contributed by atoms with E-state index in [-0.39, 0.29) is 17.3 Å². The standard InChI is InChI=1S/C21H14F10N2OS/c1-10(11-4-2-6-13(8-11)19(23,24)25)32-16(34)15-18(20(26,27)28,21(29,30)31)33-17(35-15)12-5-3-7-14(22)9-12/h2-10,15H,1H3,(H,32,34). The first-order valence-corrected chi connectivity index (χ1v) is 10.5. The highest BCUT2D eigenvalue weighted by atomic mass is 32.2. The number of hydrogen-bond acceptors (Lipinski definition) is 3. The Morgan fingerprint density at radius 1 is 0.971 bits per heavy atom. The maximum Gasteiger partial charge on any atom is 0.424 e. The van der Waals surface area contributed by atoms with E-state index in [2.05, 4.69) is 4.99 Å². The Bertz CT molecular complexity index is 1130. The summed E-state index contributed by atoms with van der Waals surface area (Å²) < 4.78 is 136. The fourth-order valence-electron chi connectivity index (χ4n) is 3.38. The second kappa shape index (κ2) is 9.03. The third-order valence-corrected chi connectivity index (χ3v) is 6.47. The summed E-state index contributed by atoms with van der Waals surface area (Å²) in [4.78, 5) is 15.6. The van der Waals surface area contributed by atoms with Crippen LogP contribution in [0.15, 0.2) is 53.5 Å². The van der Waals surface area contributed by atoms with Gasteiger partial charge in [-0.25, -0.2) is 4.39 Å². The molecule has 14 heteroatoms. The first-order chi connectivity index (χ1) is 16.0. The van der Waals surface area contributed by atoms with Crippen LogP contribution in [0.1, 0.15) is 29.7 Å². The number of nitrogens with one attached hydrogen (secondary N) is 1. The average molecular weight is 532 g/mol. The van der Waals surface area contributed by atoms with Gasteiger partial charge in [-0.2, -0.15) is 39.5 Å². The van der Waals surface area contributed by atoms with Gasteiger partial charge >= 0.3 is 18.5 Å². The molecular formula is C21H14F10N2OS. The van der Waals surface area contributed by atoms with Crippen molar-refractivity contribution < 1.29 is 48.7 Å². The molecule has 1 amide bonds. The smallest absolute Gasteiger partial charge is 0.349 e. The molecule has 2 aromatic carbocycles. The van der Waals surface area contributed by atoms with Crippen molar-refractivity contribution in [2.24, 2.45) is 4.99 Å². The fraction of sp³-hybridized carbons (Fsp3) is 0.333. The number of alkyl halides is 9. The maximum absolute atomic E-state index is 13.9. The highest BCUT2D eigenvalue weighted by Crippen LogP contribution is 2.56. The van der Waals surface area contributed by atoms with E-state index in [0.717, 1.165) is 37.3 Å². The molecule has 1 aliphatic heterocycles. The highest BCUT2D eigenvalue weighted by molar-refractivity contribution is 8.15. The molecule has 190 valence electrons. The Hall–Kier alpha value is -2.77. The van der Waals surface area contributed by atoms with Gasteiger partial charge in [0, 0.05) is 5.56 Å². The van der Waals surface area contributed by atoms with Gasteiger partial charge in [-0.1, -0.05) is 36.0 Å². The van der Waals surface area contributed by atoms with Crippen LogP contribution in [0.3, 0.4) is 0 Å². The lowest BCUT2D eigenvalue weighted by Crippen LogP contribution is -2.63. The van der Waals surface area contributed by atoms with Crippen LogP contribution in [0.4, 0.5) is 43.9 Å². The van der Waals surface area contributed by atoms with Gasteiger partial charge in [0.05, 0.1) is 11.6 Å². The largest absolute Gasteiger partial charge is 0.424 e. The van der Waals surface area contributed by atoms with Crippen LogP contribution in [0, 0.1) is 5.82 Å². The maximum atomic E-state index is 13.9. The van der Waals surface area contributed by atoms with E-state index in [4.69, 9.17) is 0 Å². The summed E-state index contributed by atoms with van der Waals surface area (Å²) in [6.07, 6.45) is -16.9. The zero-order valence-electron chi connectivity index (χ0n) is 17.3. The predicted molar refractivity (Wildman–Crippen MR) is 107 cm³/mol. The second-order valence-electron chi connectivity index (χ2n) is 7.54. The number of carbonyl (C=O) groups is 1. The molecule has 0 aromatic heterocycles. The third-order valence-electron chi connectivity index (χ3n) is 5.13.